The van der Waals surface area contributed by atoms with Gasteiger partial charge in [0.15, 0.2) is 11.6 Å². The van der Waals surface area contributed by atoms with E-state index in [-0.39, 0.29) is 12.4 Å². The zero-order valence-corrected chi connectivity index (χ0v) is 8.43. The van der Waals surface area contributed by atoms with Gasteiger partial charge in [0.1, 0.15) is 0 Å². The van der Waals surface area contributed by atoms with E-state index in [4.69, 9.17) is 4.74 Å². The maximum absolute atomic E-state index is 13.1. The molecule has 88 valence electrons. The first-order chi connectivity index (χ1) is 7.45. The van der Waals surface area contributed by atoms with Crippen LogP contribution in [0.25, 0.3) is 0 Å². The van der Waals surface area contributed by atoms with E-state index in [0.717, 1.165) is 6.07 Å². The van der Waals surface area contributed by atoms with E-state index >= 15 is 0 Å². The van der Waals surface area contributed by atoms with Crippen molar-refractivity contribution in [3.63, 3.8) is 0 Å². The second kappa shape index (κ2) is 5.05. The number of benzene rings is 1. The van der Waals surface area contributed by atoms with Gasteiger partial charge in [-0.15, -0.1) is 12.0 Å². The molecule has 0 heterocycles. The lowest BCUT2D eigenvalue weighted by Crippen LogP contribution is -2.34. The first-order valence-electron chi connectivity index (χ1n) is 4.68. The highest BCUT2D eigenvalue weighted by molar-refractivity contribution is 6.73. The van der Waals surface area contributed by atoms with Crippen LogP contribution >= 0.6 is 0 Å². The van der Waals surface area contributed by atoms with Crippen LogP contribution in [0.5, 0.6) is 5.75 Å². The molecular weight excluding hydrogens is 223 g/mol. The van der Waals surface area contributed by atoms with E-state index in [1.165, 1.54) is 6.08 Å². The number of hydrogen-bond acceptors (Lipinski definition) is 1. The van der Waals surface area contributed by atoms with Crippen LogP contribution in [0.1, 0.15) is 6.42 Å². The molecule has 1 aromatic carbocycles. The minimum Gasteiger partial charge on any atom is -0.490 e. The fraction of sp³-hybridized carbons (Fsp3) is 0.200. The highest BCUT2D eigenvalue weighted by atomic mass is 19.4. The summed E-state index contributed by atoms with van der Waals surface area (Å²) in [5.41, 5.74) is -0.866. The maximum atomic E-state index is 13.1. The van der Waals surface area contributed by atoms with E-state index in [9.17, 15) is 17.3 Å². The van der Waals surface area contributed by atoms with Crippen molar-refractivity contribution >= 4 is 12.4 Å². The van der Waals surface area contributed by atoms with Gasteiger partial charge in [0.05, 0.1) is 6.61 Å². The Bertz CT molecular complexity index is 376. The first kappa shape index (κ1) is 12.6. The zero-order chi connectivity index (χ0) is 12.2. The zero-order valence-electron chi connectivity index (χ0n) is 8.43. The summed E-state index contributed by atoms with van der Waals surface area (Å²) >= 11 is 0. The number of halogens is 4. The average molecular weight is 233 g/mol. The van der Waals surface area contributed by atoms with Crippen LogP contribution in [0.4, 0.5) is 17.3 Å². The van der Waals surface area contributed by atoms with Crippen molar-refractivity contribution in [2.24, 2.45) is 0 Å². The van der Waals surface area contributed by atoms with Gasteiger partial charge in [-0.05, 0) is 18.6 Å². The molecule has 1 rings (SSSR count). The molecule has 1 nitrogen and oxygen atoms in total. The second-order valence-electron chi connectivity index (χ2n) is 3.19. The molecule has 0 bridgehead atoms. The molecule has 0 unspecified atom stereocenters. The van der Waals surface area contributed by atoms with E-state index in [2.05, 4.69) is 6.58 Å². The van der Waals surface area contributed by atoms with Crippen molar-refractivity contribution in [1.82, 2.24) is 0 Å². The summed E-state index contributed by atoms with van der Waals surface area (Å²) in [4.78, 5) is 0. The summed E-state index contributed by atoms with van der Waals surface area (Å²) in [6.07, 6.45) is 1.98. The minimum atomic E-state index is -5.13. The lowest BCUT2D eigenvalue weighted by Gasteiger charge is -2.16. The maximum Gasteiger partial charge on any atom is 0.509 e. The predicted octanol–water partition coefficient (Wildman–Crippen LogP) is 2.84. The van der Waals surface area contributed by atoms with Crippen LogP contribution in [0.2, 0.25) is 0 Å². The largest absolute Gasteiger partial charge is 0.509 e. The molecule has 0 aliphatic heterocycles. The fourth-order valence-electron chi connectivity index (χ4n) is 1.09. The van der Waals surface area contributed by atoms with Gasteiger partial charge in [-0.25, -0.2) is 4.39 Å². The van der Waals surface area contributed by atoms with Crippen LogP contribution in [-0.4, -0.2) is 13.6 Å². The third-order valence-corrected chi connectivity index (χ3v) is 1.91. The van der Waals surface area contributed by atoms with Crippen molar-refractivity contribution in [2.75, 3.05) is 6.61 Å². The smallest absolute Gasteiger partial charge is 0.490 e. The molecule has 0 amide bonds. The van der Waals surface area contributed by atoms with Gasteiger partial charge in [0, 0.05) is 0 Å². The molecule has 6 heteroatoms. The lowest BCUT2D eigenvalue weighted by molar-refractivity contribution is 0.308. The van der Waals surface area contributed by atoms with Gasteiger partial charge >= 0.3 is 6.98 Å². The Balaban J connectivity index is 2.86. The van der Waals surface area contributed by atoms with Crippen molar-refractivity contribution in [3.8, 4) is 5.75 Å². The fourth-order valence-corrected chi connectivity index (χ4v) is 1.09. The molecule has 0 spiro atoms. The molecule has 0 aliphatic carbocycles. The monoisotopic (exact) mass is 233 g/mol. The Morgan fingerprint density at radius 3 is 2.56 bits per heavy atom. The Hall–Kier alpha value is -1.46. The van der Waals surface area contributed by atoms with Crippen LogP contribution in [0.15, 0.2) is 30.9 Å². The third-order valence-electron chi connectivity index (χ3n) is 1.91. The second-order valence-corrected chi connectivity index (χ2v) is 3.19. The molecule has 0 aliphatic rings. The molecular formula is C10H10BF4O-. The molecule has 16 heavy (non-hydrogen) atoms. The van der Waals surface area contributed by atoms with Crippen LogP contribution in [-0.2, 0) is 0 Å². The summed E-state index contributed by atoms with van der Waals surface area (Å²) in [6, 6.07) is 2.14. The lowest BCUT2D eigenvalue weighted by atomic mass is 9.80. The van der Waals surface area contributed by atoms with E-state index in [0.29, 0.717) is 18.6 Å². The van der Waals surface area contributed by atoms with Crippen molar-refractivity contribution < 1.29 is 22.1 Å². The van der Waals surface area contributed by atoms with Crippen molar-refractivity contribution in [1.29, 1.82) is 0 Å². The van der Waals surface area contributed by atoms with Crippen LogP contribution in [0, 0.1) is 5.82 Å². The van der Waals surface area contributed by atoms with Gasteiger partial charge in [-0.3, -0.25) is 0 Å². The highest BCUT2D eigenvalue weighted by Crippen LogP contribution is 2.18. The number of ether oxygens (including phenoxy) is 1. The summed E-state index contributed by atoms with van der Waals surface area (Å²) in [6.45, 7) is -1.60. The SMILES string of the molecule is C=CCCOc1cc([B-](F)(F)F)ccc1F. The van der Waals surface area contributed by atoms with Gasteiger partial charge < -0.3 is 17.7 Å². The van der Waals surface area contributed by atoms with Crippen LogP contribution in [0.3, 0.4) is 0 Å². The molecule has 0 N–H and O–H groups in total. The van der Waals surface area contributed by atoms with E-state index < -0.39 is 18.3 Å². The summed E-state index contributed by atoms with van der Waals surface area (Å²) < 4.78 is 55.0. The summed E-state index contributed by atoms with van der Waals surface area (Å²) in [7, 11) is 0. The molecule has 0 aromatic heterocycles. The number of hydrogen-bond donors (Lipinski definition) is 0. The Morgan fingerprint density at radius 1 is 1.31 bits per heavy atom. The highest BCUT2D eigenvalue weighted by Gasteiger charge is 2.26. The van der Waals surface area contributed by atoms with Crippen LogP contribution < -0.4 is 10.2 Å². The first-order valence-corrected chi connectivity index (χ1v) is 4.68. The normalized spacial score (nSPS) is 11.2. The van der Waals surface area contributed by atoms with Gasteiger partial charge in [-0.1, -0.05) is 12.1 Å². The molecule has 0 saturated heterocycles. The predicted molar refractivity (Wildman–Crippen MR) is 55.4 cm³/mol. The third kappa shape index (κ3) is 3.29. The standard InChI is InChI=1S/C10H10BF4O/c1-2-3-6-16-10-7-8(11(13,14)15)4-5-9(10)12/h2,4-5,7H,1,3,6H2/q-1. The minimum absolute atomic E-state index is 0.106. The molecule has 0 fully saturated rings. The van der Waals surface area contributed by atoms with Gasteiger partial charge in [-0.2, -0.15) is 0 Å². The van der Waals surface area contributed by atoms with Crippen molar-refractivity contribution in [3.05, 3.63) is 36.7 Å². The molecule has 1 aromatic rings. The molecule has 0 saturated carbocycles. The Kier molecular flexibility index (Phi) is 3.98. The average Bonchev–Trinajstić information content (AvgIpc) is 2.19. The number of rotatable bonds is 5. The Labute approximate surface area is 90.8 Å². The van der Waals surface area contributed by atoms with Gasteiger partial charge in [0.2, 0.25) is 0 Å². The van der Waals surface area contributed by atoms with Gasteiger partial charge in [0.25, 0.3) is 0 Å². The topological polar surface area (TPSA) is 9.23 Å². The summed E-state index contributed by atoms with van der Waals surface area (Å²) in [5.74, 6) is -1.17. The van der Waals surface area contributed by atoms with Crippen molar-refractivity contribution in [2.45, 2.75) is 6.42 Å². The molecule has 0 radical (unpaired) electrons. The van der Waals surface area contributed by atoms with E-state index in [1.807, 2.05) is 0 Å². The quantitative estimate of drug-likeness (QED) is 0.329. The molecule has 0 atom stereocenters. The van der Waals surface area contributed by atoms with E-state index in [1.54, 1.807) is 0 Å². The Morgan fingerprint density at radius 2 is 2.00 bits per heavy atom. The summed E-state index contributed by atoms with van der Waals surface area (Å²) in [5, 5.41) is 0.